The fraction of sp³-hybridized carbons (Fsp3) is 0.474. The fourth-order valence-corrected chi connectivity index (χ4v) is 3.96. The molecule has 1 aliphatic carbocycles. The van der Waals surface area contributed by atoms with Crippen LogP contribution < -0.4 is 16.0 Å². The molecule has 2 fully saturated rings. The van der Waals surface area contributed by atoms with Crippen LogP contribution in [0.25, 0.3) is 10.9 Å². The zero-order valence-corrected chi connectivity index (χ0v) is 13.9. The quantitative estimate of drug-likeness (QED) is 0.910. The number of aromatic nitrogens is 1. The highest BCUT2D eigenvalue weighted by atomic mass is 16.2. The molecule has 3 N–H and O–H groups in total. The predicted molar refractivity (Wildman–Crippen MR) is 97.2 cm³/mol. The van der Waals surface area contributed by atoms with Gasteiger partial charge in [0, 0.05) is 24.7 Å². The first-order valence-corrected chi connectivity index (χ1v) is 8.90. The zero-order valence-electron chi connectivity index (χ0n) is 13.9. The van der Waals surface area contributed by atoms with Gasteiger partial charge in [0.05, 0.1) is 22.4 Å². The molecule has 0 spiro atoms. The average Bonchev–Trinajstić information content (AvgIpc) is 3.27. The van der Waals surface area contributed by atoms with Gasteiger partial charge in [-0.05, 0) is 49.9 Å². The van der Waals surface area contributed by atoms with E-state index in [1.54, 1.807) is 0 Å². The minimum atomic E-state index is -0.720. The molecule has 4 rings (SSSR count). The number of pyridine rings is 1. The molecule has 2 aromatic rings. The summed E-state index contributed by atoms with van der Waals surface area (Å²) in [6.07, 6.45) is 7.85. The third-order valence-corrected chi connectivity index (χ3v) is 5.39. The summed E-state index contributed by atoms with van der Waals surface area (Å²) >= 11 is 0. The largest absolute Gasteiger partial charge is 0.370 e. The Balaban J connectivity index is 1.69. The van der Waals surface area contributed by atoms with E-state index in [1.165, 1.54) is 12.8 Å². The minimum Gasteiger partial charge on any atom is -0.370 e. The third kappa shape index (κ3) is 2.63. The van der Waals surface area contributed by atoms with Crippen molar-refractivity contribution in [2.45, 2.75) is 44.1 Å². The Morgan fingerprint density at radius 1 is 1.12 bits per heavy atom. The normalized spacial score (nSPS) is 19.8. The fourth-order valence-electron chi connectivity index (χ4n) is 3.96. The van der Waals surface area contributed by atoms with Crippen molar-refractivity contribution < 1.29 is 4.79 Å². The maximum atomic E-state index is 12.7. The van der Waals surface area contributed by atoms with E-state index in [9.17, 15) is 4.79 Å². The first kappa shape index (κ1) is 15.4. The molecule has 2 heterocycles. The molecule has 0 radical (unpaired) electrons. The highest BCUT2D eigenvalue weighted by molar-refractivity contribution is 6.07. The van der Waals surface area contributed by atoms with Crippen molar-refractivity contribution in [3.05, 3.63) is 30.5 Å². The Morgan fingerprint density at radius 3 is 2.62 bits per heavy atom. The number of carbonyl (C=O) groups excluding carboxylic acids is 1. The molecule has 2 aliphatic rings. The van der Waals surface area contributed by atoms with Crippen molar-refractivity contribution in [2.24, 2.45) is 5.73 Å². The van der Waals surface area contributed by atoms with Crippen LogP contribution in [0.3, 0.4) is 0 Å². The van der Waals surface area contributed by atoms with Crippen molar-refractivity contribution in [1.82, 2.24) is 4.98 Å². The van der Waals surface area contributed by atoms with Gasteiger partial charge < -0.3 is 16.0 Å². The monoisotopic (exact) mass is 324 g/mol. The molecule has 1 saturated carbocycles. The molecule has 1 aromatic carbocycles. The van der Waals surface area contributed by atoms with Crippen LogP contribution in [-0.4, -0.2) is 29.5 Å². The van der Waals surface area contributed by atoms with Crippen LogP contribution >= 0.6 is 0 Å². The van der Waals surface area contributed by atoms with Gasteiger partial charge in [-0.3, -0.25) is 9.78 Å². The lowest BCUT2D eigenvalue weighted by atomic mass is 9.97. The maximum Gasteiger partial charge on any atom is 0.244 e. The first-order chi connectivity index (χ1) is 11.7. The maximum absolute atomic E-state index is 12.7. The first-order valence-electron chi connectivity index (χ1n) is 8.90. The van der Waals surface area contributed by atoms with Crippen molar-refractivity contribution >= 4 is 28.2 Å². The molecule has 126 valence electrons. The van der Waals surface area contributed by atoms with Gasteiger partial charge in [0.2, 0.25) is 5.91 Å². The van der Waals surface area contributed by atoms with Crippen molar-refractivity contribution in [3.63, 3.8) is 0 Å². The summed E-state index contributed by atoms with van der Waals surface area (Å²) in [6, 6.07) is 8.01. The molecule has 0 atom stereocenters. The van der Waals surface area contributed by atoms with Gasteiger partial charge in [-0.2, -0.15) is 0 Å². The highest BCUT2D eigenvalue weighted by Crippen LogP contribution is 2.34. The number of nitrogens with zero attached hydrogens (tertiary/aromatic N) is 2. The molecule has 0 unspecified atom stereocenters. The number of nitrogens with one attached hydrogen (secondary N) is 1. The molecule has 1 saturated heterocycles. The van der Waals surface area contributed by atoms with Gasteiger partial charge in [-0.1, -0.05) is 12.8 Å². The van der Waals surface area contributed by atoms with E-state index >= 15 is 0 Å². The summed E-state index contributed by atoms with van der Waals surface area (Å²) < 4.78 is 0. The summed E-state index contributed by atoms with van der Waals surface area (Å²) in [7, 11) is 0. The van der Waals surface area contributed by atoms with E-state index in [0.29, 0.717) is 0 Å². The zero-order chi connectivity index (χ0) is 16.6. The number of amides is 1. The van der Waals surface area contributed by atoms with Crippen LogP contribution in [0, 0.1) is 0 Å². The van der Waals surface area contributed by atoms with Gasteiger partial charge in [0.15, 0.2) is 0 Å². The van der Waals surface area contributed by atoms with Crippen LogP contribution in [0.4, 0.5) is 11.4 Å². The molecular formula is C19H24N4O. The van der Waals surface area contributed by atoms with E-state index in [2.05, 4.69) is 21.3 Å². The number of hydrogen-bond donors (Lipinski definition) is 2. The van der Waals surface area contributed by atoms with E-state index in [4.69, 9.17) is 5.73 Å². The molecule has 24 heavy (non-hydrogen) atoms. The Kier molecular flexibility index (Phi) is 3.88. The second-order valence-electron chi connectivity index (χ2n) is 7.04. The second kappa shape index (κ2) is 6.06. The van der Waals surface area contributed by atoms with Gasteiger partial charge in [-0.15, -0.1) is 0 Å². The number of rotatable bonds is 3. The van der Waals surface area contributed by atoms with E-state index in [-0.39, 0.29) is 5.91 Å². The van der Waals surface area contributed by atoms with Crippen molar-refractivity contribution in [3.8, 4) is 0 Å². The summed E-state index contributed by atoms with van der Waals surface area (Å²) in [5.41, 5.74) is 8.49. The van der Waals surface area contributed by atoms with Gasteiger partial charge in [-0.25, -0.2) is 0 Å². The summed E-state index contributed by atoms with van der Waals surface area (Å²) in [4.78, 5) is 19.6. The molecule has 5 nitrogen and oxygen atoms in total. The van der Waals surface area contributed by atoms with Gasteiger partial charge in [0.25, 0.3) is 0 Å². The summed E-state index contributed by atoms with van der Waals surface area (Å²) in [5, 5.41) is 4.05. The highest BCUT2D eigenvalue weighted by Gasteiger charge is 2.37. The number of fused-ring (bicyclic) bond motifs is 1. The average molecular weight is 324 g/mol. The molecule has 5 heteroatoms. The Hall–Kier alpha value is -2.14. The smallest absolute Gasteiger partial charge is 0.244 e. The molecule has 1 aliphatic heterocycles. The van der Waals surface area contributed by atoms with Crippen molar-refractivity contribution in [2.75, 3.05) is 23.3 Å². The lowest BCUT2D eigenvalue weighted by Gasteiger charge is -2.24. The van der Waals surface area contributed by atoms with Gasteiger partial charge >= 0.3 is 0 Å². The SMILES string of the molecule is NC1(C(=O)Nc2ccc(N3CCCC3)c3ncccc23)CCCC1. The van der Waals surface area contributed by atoms with Crippen molar-refractivity contribution in [1.29, 1.82) is 0 Å². The summed E-state index contributed by atoms with van der Waals surface area (Å²) in [5.74, 6) is -0.0703. The molecule has 1 aromatic heterocycles. The lowest BCUT2D eigenvalue weighted by molar-refractivity contribution is -0.120. The van der Waals surface area contributed by atoms with E-state index in [1.807, 2.05) is 24.4 Å². The van der Waals surface area contributed by atoms with Gasteiger partial charge in [0.1, 0.15) is 0 Å². The van der Waals surface area contributed by atoms with E-state index < -0.39 is 5.54 Å². The minimum absolute atomic E-state index is 0.0703. The number of carbonyl (C=O) groups is 1. The third-order valence-electron chi connectivity index (χ3n) is 5.39. The Morgan fingerprint density at radius 2 is 1.88 bits per heavy atom. The number of hydrogen-bond acceptors (Lipinski definition) is 4. The van der Waals surface area contributed by atoms with Crippen LogP contribution in [-0.2, 0) is 4.79 Å². The van der Waals surface area contributed by atoms with Crippen LogP contribution in [0.15, 0.2) is 30.5 Å². The lowest BCUT2D eigenvalue weighted by Crippen LogP contribution is -2.48. The Labute approximate surface area is 142 Å². The summed E-state index contributed by atoms with van der Waals surface area (Å²) in [6.45, 7) is 2.15. The Bertz CT molecular complexity index is 761. The van der Waals surface area contributed by atoms with Crippen LogP contribution in [0.2, 0.25) is 0 Å². The van der Waals surface area contributed by atoms with Crippen LogP contribution in [0.1, 0.15) is 38.5 Å². The van der Waals surface area contributed by atoms with Crippen LogP contribution in [0.5, 0.6) is 0 Å². The number of nitrogens with two attached hydrogens (primary N) is 1. The second-order valence-corrected chi connectivity index (χ2v) is 7.04. The number of anilines is 2. The topological polar surface area (TPSA) is 71.2 Å². The predicted octanol–water partition coefficient (Wildman–Crippen LogP) is 3.05. The standard InChI is InChI=1S/C19H24N4O/c20-19(9-1-2-10-19)18(24)22-15-7-8-16(23-12-3-4-13-23)17-14(15)6-5-11-21-17/h5-8,11H,1-4,9-10,12-13,20H2,(H,22,24). The molecule has 0 bridgehead atoms. The number of benzene rings is 1. The molecule has 1 amide bonds. The van der Waals surface area contributed by atoms with E-state index in [0.717, 1.165) is 61.1 Å². The molecular weight excluding hydrogens is 300 g/mol.